The lowest BCUT2D eigenvalue weighted by Gasteiger charge is -1.95. The number of aliphatic carboxylic acids is 1. The first-order valence-corrected chi connectivity index (χ1v) is 4.01. The molecule has 0 fully saturated rings. The average Bonchev–Trinajstić information content (AvgIpc) is 1.98. The predicted octanol–water partition coefficient (Wildman–Crippen LogP) is 1.78. The fourth-order valence-electron chi connectivity index (χ4n) is 0.861. The van der Waals surface area contributed by atoms with E-state index < -0.39 is 5.97 Å². The quantitative estimate of drug-likeness (QED) is 0.468. The number of rotatable bonds is 7. The molecule has 0 saturated heterocycles. The van der Waals surface area contributed by atoms with Crippen LogP contribution >= 0.6 is 0 Å². The highest BCUT2D eigenvalue weighted by molar-refractivity contribution is 5.79. The Bertz CT molecular complexity index is 173. The summed E-state index contributed by atoms with van der Waals surface area (Å²) >= 11 is 0. The number of carbonyl (C=O) groups excluding carboxylic acids is 1. The summed E-state index contributed by atoms with van der Waals surface area (Å²) in [5.41, 5.74) is 0. The zero-order valence-corrected chi connectivity index (χ0v) is 7.08. The van der Waals surface area contributed by atoms with Gasteiger partial charge in [-0.25, -0.2) is 0 Å². The molecule has 0 rings (SSSR count). The monoisotopic (exact) mass is 170 g/mol. The van der Waals surface area contributed by atoms with Crippen LogP contribution in [0.25, 0.3) is 0 Å². The largest absolute Gasteiger partial charge is 0.481 e. The summed E-state index contributed by atoms with van der Waals surface area (Å²) in [5, 5.41) is 8.28. The highest BCUT2D eigenvalue weighted by Gasteiger charge is 2.00. The van der Waals surface area contributed by atoms with Gasteiger partial charge in [-0.3, -0.25) is 9.59 Å². The van der Waals surface area contributed by atoms with E-state index in [-0.39, 0.29) is 12.2 Å². The summed E-state index contributed by atoms with van der Waals surface area (Å²) in [4.78, 5) is 20.9. The van der Waals surface area contributed by atoms with Gasteiger partial charge in [0.25, 0.3) is 0 Å². The molecule has 0 aromatic rings. The molecule has 0 aromatic heterocycles. The summed E-state index contributed by atoms with van der Waals surface area (Å²) in [7, 11) is 0. The lowest BCUT2D eigenvalue weighted by atomic mass is 10.1. The van der Waals surface area contributed by atoms with E-state index in [1.165, 1.54) is 0 Å². The van der Waals surface area contributed by atoms with Crippen LogP contribution in [-0.4, -0.2) is 16.9 Å². The Morgan fingerprint density at radius 2 is 1.83 bits per heavy atom. The van der Waals surface area contributed by atoms with Crippen LogP contribution in [0.4, 0.5) is 0 Å². The van der Waals surface area contributed by atoms with E-state index in [0.29, 0.717) is 25.7 Å². The van der Waals surface area contributed by atoms with Gasteiger partial charge in [0, 0.05) is 19.3 Å². The Kier molecular flexibility index (Phi) is 5.97. The summed E-state index contributed by atoms with van der Waals surface area (Å²) in [6.07, 6.45) is 3.84. The molecule has 0 atom stereocenters. The van der Waals surface area contributed by atoms with Crippen LogP contribution in [0.5, 0.6) is 0 Å². The van der Waals surface area contributed by atoms with Gasteiger partial charge in [-0.15, -0.1) is 6.58 Å². The van der Waals surface area contributed by atoms with Crippen molar-refractivity contribution >= 4 is 11.8 Å². The fraction of sp³-hybridized carbons (Fsp3) is 0.556. The minimum absolute atomic E-state index is 0.135. The summed E-state index contributed by atoms with van der Waals surface area (Å²) in [6, 6.07) is 0. The van der Waals surface area contributed by atoms with Crippen LogP contribution in [0.15, 0.2) is 12.7 Å². The smallest absolute Gasteiger partial charge is 0.303 e. The zero-order chi connectivity index (χ0) is 9.40. The maximum absolute atomic E-state index is 10.9. The molecule has 0 radical (unpaired) electrons. The van der Waals surface area contributed by atoms with Gasteiger partial charge >= 0.3 is 5.97 Å². The number of ketones is 1. The predicted molar refractivity (Wildman–Crippen MR) is 45.9 cm³/mol. The van der Waals surface area contributed by atoms with Gasteiger partial charge < -0.3 is 5.11 Å². The Morgan fingerprint density at radius 3 is 2.33 bits per heavy atom. The van der Waals surface area contributed by atoms with Gasteiger partial charge in [0.2, 0.25) is 0 Å². The number of hydrogen-bond acceptors (Lipinski definition) is 2. The molecular weight excluding hydrogens is 156 g/mol. The minimum atomic E-state index is -0.800. The number of Topliss-reactive ketones (excluding diaryl/α,β-unsaturated/α-hetero) is 1. The number of carbonyl (C=O) groups is 2. The van der Waals surface area contributed by atoms with Gasteiger partial charge in [0.05, 0.1) is 0 Å². The standard InChI is InChI=1S/C9H14O3/c1-2-5-8(10)6-3-4-7-9(11)12/h2H,1,3-7H2,(H,11,12). The van der Waals surface area contributed by atoms with Crippen molar-refractivity contribution < 1.29 is 14.7 Å². The lowest BCUT2D eigenvalue weighted by Crippen LogP contribution is -1.98. The lowest BCUT2D eigenvalue weighted by molar-refractivity contribution is -0.137. The Labute approximate surface area is 72.1 Å². The normalized spacial score (nSPS) is 9.33. The first kappa shape index (κ1) is 10.9. The molecule has 3 nitrogen and oxygen atoms in total. The SMILES string of the molecule is C=CCC(=O)CCCCC(=O)O. The molecule has 12 heavy (non-hydrogen) atoms. The van der Waals surface area contributed by atoms with Gasteiger partial charge in [-0.2, -0.15) is 0 Å². The van der Waals surface area contributed by atoms with Crippen molar-refractivity contribution in [2.45, 2.75) is 32.1 Å². The van der Waals surface area contributed by atoms with Crippen LogP contribution in [-0.2, 0) is 9.59 Å². The van der Waals surface area contributed by atoms with E-state index in [2.05, 4.69) is 6.58 Å². The summed E-state index contributed by atoms with van der Waals surface area (Å²) < 4.78 is 0. The Morgan fingerprint density at radius 1 is 1.25 bits per heavy atom. The van der Waals surface area contributed by atoms with E-state index in [4.69, 9.17) is 5.11 Å². The third kappa shape index (κ3) is 6.99. The Hall–Kier alpha value is -1.12. The molecule has 0 amide bonds. The fourth-order valence-corrected chi connectivity index (χ4v) is 0.861. The molecule has 0 aliphatic rings. The van der Waals surface area contributed by atoms with E-state index in [1.807, 2.05) is 0 Å². The highest BCUT2D eigenvalue weighted by Crippen LogP contribution is 2.02. The van der Waals surface area contributed by atoms with Gasteiger partial charge in [0.15, 0.2) is 0 Å². The molecule has 0 saturated carbocycles. The molecule has 0 spiro atoms. The van der Waals surface area contributed by atoms with Crippen LogP contribution in [0.1, 0.15) is 32.1 Å². The van der Waals surface area contributed by atoms with Crippen molar-refractivity contribution in [3.63, 3.8) is 0 Å². The van der Waals surface area contributed by atoms with Crippen LogP contribution < -0.4 is 0 Å². The second-order valence-corrected chi connectivity index (χ2v) is 2.63. The van der Waals surface area contributed by atoms with Gasteiger partial charge in [-0.05, 0) is 12.8 Å². The van der Waals surface area contributed by atoms with Crippen LogP contribution in [0, 0.1) is 0 Å². The van der Waals surface area contributed by atoms with Crippen molar-refractivity contribution in [1.29, 1.82) is 0 Å². The number of hydrogen-bond donors (Lipinski definition) is 1. The maximum Gasteiger partial charge on any atom is 0.303 e. The summed E-state index contributed by atoms with van der Waals surface area (Å²) in [6.45, 7) is 3.44. The molecule has 0 unspecified atom stereocenters. The van der Waals surface area contributed by atoms with Crippen LogP contribution in [0.3, 0.4) is 0 Å². The average molecular weight is 170 g/mol. The number of carboxylic acids is 1. The van der Waals surface area contributed by atoms with E-state index in [0.717, 1.165) is 0 Å². The first-order valence-electron chi connectivity index (χ1n) is 4.01. The number of allylic oxidation sites excluding steroid dienone is 1. The molecule has 3 heteroatoms. The highest BCUT2D eigenvalue weighted by atomic mass is 16.4. The molecule has 0 bridgehead atoms. The maximum atomic E-state index is 10.9. The van der Waals surface area contributed by atoms with Gasteiger partial charge in [0.1, 0.15) is 5.78 Å². The number of carboxylic acid groups (broad SMARTS) is 1. The molecule has 0 aliphatic carbocycles. The molecule has 1 N–H and O–H groups in total. The topological polar surface area (TPSA) is 54.4 Å². The first-order chi connectivity index (χ1) is 5.66. The molecular formula is C9H14O3. The second-order valence-electron chi connectivity index (χ2n) is 2.63. The van der Waals surface area contributed by atoms with Crippen molar-refractivity contribution in [3.05, 3.63) is 12.7 Å². The summed E-state index contributed by atoms with van der Waals surface area (Å²) in [5.74, 6) is -0.665. The third-order valence-corrected chi connectivity index (χ3v) is 1.47. The zero-order valence-electron chi connectivity index (χ0n) is 7.08. The second kappa shape index (κ2) is 6.58. The molecule has 68 valence electrons. The minimum Gasteiger partial charge on any atom is -0.481 e. The van der Waals surface area contributed by atoms with Crippen molar-refractivity contribution in [3.8, 4) is 0 Å². The van der Waals surface area contributed by atoms with Crippen molar-refractivity contribution in [2.24, 2.45) is 0 Å². The van der Waals surface area contributed by atoms with Crippen molar-refractivity contribution in [1.82, 2.24) is 0 Å². The third-order valence-electron chi connectivity index (χ3n) is 1.47. The van der Waals surface area contributed by atoms with E-state index in [9.17, 15) is 9.59 Å². The Balaban J connectivity index is 3.25. The van der Waals surface area contributed by atoms with E-state index in [1.54, 1.807) is 6.08 Å². The van der Waals surface area contributed by atoms with Crippen LogP contribution in [0.2, 0.25) is 0 Å². The molecule has 0 aliphatic heterocycles. The van der Waals surface area contributed by atoms with Crippen molar-refractivity contribution in [2.75, 3.05) is 0 Å². The van der Waals surface area contributed by atoms with Gasteiger partial charge in [-0.1, -0.05) is 6.08 Å². The molecule has 0 heterocycles. The molecule has 0 aromatic carbocycles. The van der Waals surface area contributed by atoms with E-state index >= 15 is 0 Å². The number of unbranched alkanes of at least 4 members (excludes halogenated alkanes) is 1.